The maximum atomic E-state index is 11.7. The van der Waals surface area contributed by atoms with E-state index >= 15 is 0 Å². The maximum absolute atomic E-state index is 11.7. The number of hydrogen-bond donors (Lipinski definition) is 2. The van der Waals surface area contributed by atoms with Crippen LogP contribution in [0.5, 0.6) is 5.75 Å². The molecule has 88 valence electrons. The molecule has 0 spiro atoms. The number of Topliss-reactive ketones (excluding diaryl/α,β-unsaturated/α-hetero) is 1. The molecule has 0 amide bonds. The van der Waals surface area contributed by atoms with Crippen LogP contribution in [0.1, 0.15) is 22.8 Å². The molecule has 4 nitrogen and oxygen atoms in total. The monoisotopic (exact) mass is 223 g/mol. The number of ether oxygens (including phenoxy) is 1. The highest BCUT2D eigenvalue weighted by molar-refractivity contribution is 5.99. The summed E-state index contributed by atoms with van der Waals surface area (Å²) in [6.45, 7) is 1.91. The van der Waals surface area contributed by atoms with Gasteiger partial charge in [-0.2, -0.15) is 0 Å². The first-order chi connectivity index (χ1) is 7.63. The van der Waals surface area contributed by atoms with Gasteiger partial charge < -0.3 is 15.6 Å². The Kier molecular flexibility index (Phi) is 4.46. The third-order valence-corrected chi connectivity index (χ3v) is 2.47. The van der Waals surface area contributed by atoms with Gasteiger partial charge in [-0.05, 0) is 30.2 Å². The summed E-state index contributed by atoms with van der Waals surface area (Å²) in [5.41, 5.74) is 6.65. The minimum atomic E-state index is -1.13. The topological polar surface area (TPSA) is 72.5 Å². The van der Waals surface area contributed by atoms with E-state index in [0.29, 0.717) is 5.56 Å². The molecule has 0 heterocycles. The third kappa shape index (κ3) is 2.59. The second kappa shape index (κ2) is 5.63. The zero-order valence-electron chi connectivity index (χ0n) is 9.56. The molecule has 1 unspecified atom stereocenters. The molecule has 0 saturated heterocycles. The second-order valence-corrected chi connectivity index (χ2v) is 3.50. The molecular formula is C12H17NO3. The summed E-state index contributed by atoms with van der Waals surface area (Å²) in [6.07, 6.45) is -0.360. The predicted octanol–water partition coefficient (Wildman–Crippen LogP) is 0.760. The van der Waals surface area contributed by atoms with Crippen molar-refractivity contribution < 1.29 is 14.6 Å². The fraction of sp³-hybridized carbons (Fsp3) is 0.417. The molecule has 0 aliphatic rings. The second-order valence-electron chi connectivity index (χ2n) is 3.50. The van der Waals surface area contributed by atoms with E-state index in [2.05, 4.69) is 0 Å². The summed E-state index contributed by atoms with van der Waals surface area (Å²) in [6, 6.07) is 5.11. The van der Waals surface area contributed by atoms with Gasteiger partial charge in [0, 0.05) is 12.1 Å². The van der Waals surface area contributed by atoms with Crippen LogP contribution < -0.4 is 10.5 Å². The smallest absolute Gasteiger partial charge is 0.192 e. The Morgan fingerprint density at radius 2 is 2.25 bits per heavy atom. The van der Waals surface area contributed by atoms with Gasteiger partial charge in [0.05, 0.1) is 7.11 Å². The zero-order chi connectivity index (χ0) is 12.1. The van der Waals surface area contributed by atoms with Crippen molar-refractivity contribution in [2.24, 2.45) is 5.73 Å². The number of ketones is 1. The Morgan fingerprint density at radius 1 is 1.56 bits per heavy atom. The molecule has 3 N–H and O–H groups in total. The Balaban J connectivity index is 3.03. The number of aryl methyl sites for hydroxylation is 1. The highest BCUT2D eigenvalue weighted by Gasteiger charge is 2.16. The van der Waals surface area contributed by atoms with Crippen LogP contribution in [-0.4, -0.2) is 30.6 Å². The van der Waals surface area contributed by atoms with E-state index in [1.165, 1.54) is 0 Å². The molecule has 1 aromatic rings. The largest absolute Gasteiger partial charge is 0.496 e. The summed E-state index contributed by atoms with van der Waals surface area (Å²) in [4.78, 5) is 11.7. The number of aliphatic hydroxyl groups excluding tert-OH is 1. The number of carbonyl (C=O) groups is 1. The summed E-state index contributed by atoms with van der Waals surface area (Å²) < 4.78 is 5.16. The van der Waals surface area contributed by atoms with Crippen molar-refractivity contribution in [2.75, 3.05) is 13.7 Å². The highest BCUT2D eigenvalue weighted by atomic mass is 16.5. The van der Waals surface area contributed by atoms with Gasteiger partial charge in [-0.15, -0.1) is 0 Å². The molecule has 0 saturated carbocycles. The average molecular weight is 223 g/mol. The number of methoxy groups -OCH3 is 1. The van der Waals surface area contributed by atoms with E-state index in [4.69, 9.17) is 10.5 Å². The van der Waals surface area contributed by atoms with Crippen LogP contribution in [0.3, 0.4) is 0 Å². The number of benzene rings is 1. The molecule has 0 aliphatic heterocycles. The van der Waals surface area contributed by atoms with E-state index in [9.17, 15) is 9.90 Å². The summed E-state index contributed by atoms with van der Waals surface area (Å²) in [5.74, 6) is 0.404. The molecule has 4 heteroatoms. The minimum absolute atomic E-state index is 0.0632. The van der Waals surface area contributed by atoms with Crippen LogP contribution in [0.15, 0.2) is 18.2 Å². The number of rotatable bonds is 5. The number of carbonyl (C=O) groups excluding carboxylic acids is 1. The molecule has 0 aromatic heterocycles. The fourth-order valence-corrected chi connectivity index (χ4v) is 1.51. The molecule has 0 bridgehead atoms. The first kappa shape index (κ1) is 12.7. The molecule has 1 atom stereocenters. The summed E-state index contributed by atoms with van der Waals surface area (Å²) in [7, 11) is 1.59. The van der Waals surface area contributed by atoms with Crippen LogP contribution in [0, 0.1) is 0 Å². The first-order valence-corrected chi connectivity index (χ1v) is 5.23. The first-order valence-electron chi connectivity index (χ1n) is 5.23. The van der Waals surface area contributed by atoms with Gasteiger partial charge in [-0.3, -0.25) is 4.79 Å². The van der Waals surface area contributed by atoms with E-state index in [-0.39, 0.29) is 12.3 Å². The van der Waals surface area contributed by atoms with E-state index in [1.54, 1.807) is 25.3 Å². The van der Waals surface area contributed by atoms with Gasteiger partial charge in [0.2, 0.25) is 0 Å². The third-order valence-electron chi connectivity index (χ3n) is 2.47. The highest BCUT2D eigenvalue weighted by Crippen LogP contribution is 2.21. The predicted molar refractivity (Wildman–Crippen MR) is 61.8 cm³/mol. The van der Waals surface area contributed by atoms with Gasteiger partial charge in [0.15, 0.2) is 5.78 Å². The average Bonchev–Trinajstić information content (AvgIpc) is 2.35. The SMILES string of the molecule is CCc1cc(C(=O)C(O)CN)ccc1OC. The van der Waals surface area contributed by atoms with Crippen molar-refractivity contribution in [1.29, 1.82) is 0 Å². The lowest BCUT2D eigenvalue weighted by atomic mass is 10.0. The molecule has 1 aromatic carbocycles. The van der Waals surface area contributed by atoms with E-state index < -0.39 is 6.10 Å². The maximum Gasteiger partial charge on any atom is 0.192 e. The van der Waals surface area contributed by atoms with Gasteiger partial charge in [0.25, 0.3) is 0 Å². The molecule has 0 fully saturated rings. The molecule has 1 rings (SSSR count). The van der Waals surface area contributed by atoms with Crippen molar-refractivity contribution in [3.63, 3.8) is 0 Å². The number of aliphatic hydroxyl groups is 1. The Bertz CT molecular complexity index is 377. The van der Waals surface area contributed by atoms with E-state index in [1.807, 2.05) is 6.92 Å². The Hall–Kier alpha value is -1.39. The summed E-state index contributed by atoms with van der Waals surface area (Å²) in [5, 5.41) is 9.36. The van der Waals surface area contributed by atoms with Crippen molar-refractivity contribution in [3.05, 3.63) is 29.3 Å². The van der Waals surface area contributed by atoms with Crippen LogP contribution in [0.25, 0.3) is 0 Å². The van der Waals surface area contributed by atoms with E-state index in [0.717, 1.165) is 17.7 Å². The number of nitrogens with two attached hydrogens (primary N) is 1. The zero-order valence-corrected chi connectivity index (χ0v) is 9.56. The standard InChI is InChI=1S/C12H17NO3/c1-3-8-6-9(4-5-11(8)16-2)12(15)10(14)7-13/h4-6,10,14H,3,7,13H2,1-2H3. The van der Waals surface area contributed by atoms with Crippen molar-refractivity contribution in [3.8, 4) is 5.75 Å². The summed E-state index contributed by atoms with van der Waals surface area (Å²) >= 11 is 0. The Morgan fingerprint density at radius 3 is 2.75 bits per heavy atom. The lowest BCUT2D eigenvalue weighted by molar-refractivity contribution is 0.0763. The molecule has 16 heavy (non-hydrogen) atoms. The van der Waals surface area contributed by atoms with Crippen LogP contribution in [-0.2, 0) is 6.42 Å². The van der Waals surface area contributed by atoms with Crippen LogP contribution in [0.4, 0.5) is 0 Å². The van der Waals surface area contributed by atoms with Gasteiger partial charge in [0.1, 0.15) is 11.9 Å². The molecule has 0 radical (unpaired) electrons. The Labute approximate surface area is 95.0 Å². The van der Waals surface area contributed by atoms with Gasteiger partial charge >= 0.3 is 0 Å². The fourth-order valence-electron chi connectivity index (χ4n) is 1.51. The lowest BCUT2D eigenvalue weighted by Crippen LogP contribution is -2.29. The van der Waals surface area contributed by atoms with Crippen LogP contribution in [0.2, 0.25) is 0 Å². The van der Waals surface area contributed by atoms with Crippen molar-refractivity contribution >= 4 is 5.78 Å². The number of hydrogen-bond acceptors (Lipinski definition) is 4. The van der Waals surface area contributed by atoms with Gasteiger partial charge in [-0.1, -0.05) is 6.92 Å². The lowest BCUT2D eigenvalue weighted by Gasteiger charge is -2.10. The molecular weight excluding hydrogens is 206 g/mol. The van der Waals surface area contributed by atoms with Crippen molar-refractivity contribution in [2.45, 2.75) is 19.4 Å². The molecule has 0 aliphatic carbocycles. The van der Waals surface area contributed by atoms with Gasteiger partial charge in [-0.25, -0.2) is 0 Å². The normalized spacial score (nSPS) is 12.2. The minimum Gasteiger partial charge on any atom is -0.496 e. The quantitative estimate of drug-likeness (QED) is 0.723. The van der Waals surface area contributed by atoms with Crippen LogP contribution >= 0.6 is 0 Å². The van der Waals surface area contributed by atoms with Crippen molar-refractivity contribution in [1.82, 2.24) is 0 Å².